The molecule has 126 valence electrons. The number of allylic oxidation sites excluding steroid dienone is 1. The van der Waals surface area contributed by atoms with Gasteiger partial charge in [0.15, 0.2) is 0 Å². The van der Waals surface area contributed by atoms with Gasteiger partial charge in [0.2, 0.25) is 0 Å². The summed E-state index contributed by atoms with van der Waals surface area (Å²) in [6.45, 7) is 21.0. The second kappa shape index (κ2) is 8.72. The highest BCUT2D eigenvalue weighted by molar-refractivity contribution is 8.06. The minimum Gasteiger partial charge on any atom is -0.370 e. The third-order valence-corrected chi connectivity index (χ3v) is 7.05. The first-order valence-corrected chi connectivity index (χ1v) is 10.4. The summed E-state index contributed by atoms with van der Waals surface area (Å²) in [6.07, 6.45) is 2.26. The molecule has 0 aliphatic carbocycles. The van der Waals surface area contributed by atoms with Crippen molar-refractivity contribution in [3.8, 4) is 0 Å². The highest BCUT2D eigenvalue weighted by Gasteiger charge is 2.47. The van der Waals surface area contributed by atoms with Gasteiger partial charge in [-0.1, -0.05) is 47.6 Å². The Hall–Kier alpha value is 0.187. The summed E-state index contributed by atoms with van der Waals surface area (Å²) in [5.41, 5.74) is 0.0527. The summed E-state index contributed by atoms with van der Waals surface area (Å²) in [5, 5.41) is 0. The van der Waals surface area contributed by atoms with E-state index in [0.29, 0.717) is 19.8 Å². The highest BCUT2D eigenvalue weighted by Crippen LogP contribution is 2.40. The molecule has 0 aliphatic heterocycles. The van der Waals surface area contributed by atoms with E-state index in [1.165, 1.54) is 0 Å². The largest absolute Gasteiger partial charge is 0.543 e. The lowest BCUT2D eigenvalue weighted by molar-refractivity contribution is 0.0828. The molecule has 0 saturated heterocycles. The number of hydrogen-bond donors (Lipinski definition) is 0. The summed E-state index contributed by atoms with van der Waals surface area (Å²) in [5.74, 6) is 0. The van der Waals surface area contributed by atoms with Crippen LogP contribution in [0.4, 0.5) is 0 Å². The molecule has 0 aromatic rings. The number of rotatable bonds is 8. The van der Waals surface area contributed by atoms with Crippen LogP contribution >= 0.6 is 11.8 Å². The minimum atomic E-state index is -2.82. The van der Waals surface area contributed by atoms with Crippen LogP contribution in [0, 0.1) is 5.41 Å². The molecule has 5 heteroatoms. The Balaban J connectivity index is 5.80. The van der Waals surface area contributed by atoms with Crippen LogP contribution in [0.15, 0.2) is 10.6 Å². The van der Waals surface area contributed by atoms with Crippen LogP contribution in [0.1, 0.15) is 62.3 Å². The lowest BCUT2D eigenvalue weighted by Gasteiger charge is -2.34. The Bertz CT molecular complexity index is 312. The SMILES string of the molecule is CCO[Si](OCC)(OCC)/C(=C/C(C)(C)C)SC(C)(C)C. The molecule has 0 radical (unpaired) electrons. The molecular weight excluding hydrogens is 300 g/mol. The molecule has 0 saturated carbocycles. The van der Waals surface area contributed by atoms with Crippen molar-refractivity contribution in [2.45, 2.75) is 67.1 Å². The van der Waals surface area contributed by atoms with E-state index < -0.39 is 8.80 Å². The molecule has 0 spiro atoms. The summed E-state index contributed by atoms with van der Waals surface area (Å²) in [6, 6.07) is 0. The molecule has 21 heavy (non-hydrogen) atoms. The Morgan fingerprint density at radius 2 is 1.24 bits per heavy atom. The molecule has 0 aromatic carbocycles. The van der Waals surface area contributed by atoms with Gasteiger partial charge < -0.3 is 13.3 Å². The van der Waals surface area contributed by atoms with E-state index in [2.05, 4.69) is 47.6 Å². The molecule has 0 bridgehead atoms. The fraction of sp³-hybridized carbons (Fsp3) is 0.875. The predicted octanol–water partition coefficient (Wildman–Crippen LogP) is 5.04. The number of thioether (sulfide) groups is 1. The quantitative estimate of drug-likeness (QED) is 0.581. The average molecular weight is 335 g/mol. The average Bonchev–Trinajstić information content (AvgIpc) is 2.25. The molecule has 0 unspecified atom stereocenters. The molecule has 0 atom stereocenters. The predicted molar refractivity (Wildman–Crippen MR) is 95.5 cm³/mol. The van der Waals surface area contributed by atoms with Crippen molar-refractivity contribution in [1.29, 1.82) is 0 Å². The molecule has 0 aliphatic rings. The van der Waals surface area contributed by atoms with Gasteiger partial charge in [-0.05, 0) is 26.2 Å². The minimum absolute atomic E-state index is 0.0527. The normalized spacial score (nSPS) is 14.6. The first kappa shape index (κ1) is 21.2. The van der Waals surface area contributed by atoms with Gasteiger partial charge in [0.1, 0.15) is 0 Å². The summed E-state index contributed by atoms with van der Waals surface area (Å²) in [7, 11) is -2.82. The Kier molecular flexibility index (Phi) is 8.80. The van der Waals surface area contributed by atoms with Gasteiger partial charge in [0.25, 0.3) is 0 Å². The van der Waals surface area contributed by atoms with Crippen molar-refractivity contribution in [2.75, 3.05) is 19.8 Å². The maximum Gasteiger partial charge on any atom is 0.543 e. The van der Waals surface area contributed by atoms with Gasteiger partial charge >= 0.3 is 8.80 Å². The second-order valence-corrected chi connectivity index (χ2v) is 11.7. The Morgan fingerprint density at radius 1 is 0.857 bits per heavy atom. The molecule has 0 fully saturated rings. The van der Waals surface area contributed by atoms with E-state index in [9.17, 15) is 0 Å². The fourth-order valence-corrected chi connectivity index (χ4v) is 7.26. The van der Waals surface area contributed by atoms with Crippen molar-refractivity contribution >= 4 is 20.6 Å². The third kappa shape index (κ3) is 8.40. The smallest absolute Gasteiger partial charge is 0.370 e. The zero-order valence-corrected chi connectivity index (χ0v) is 17.1. The Labute approximate surface area is 137 Å². The van der Waals surface area contributed by atoms with Gasteiger partial charge in [-0.3, -0.25) is 0 Å². The van der Waals surface area contributed by atoms with Crippen LogP contribution in [0.5, 0.6) is 0 Å². The van der Waals surface area contributed by atoms with Crippen LogP contribution < -0.4 is 0 Å². The zero-order valence-electron chi connectivity index (χ0n) is 15.3. The van der Waals surface area contributed by atoms with Gasteiger partial charge in [-0.15, -0.1) is 11.8 Å². The van der Waals surface area contributed by atoms with Crippen LogP contribution in [-0.2, 0) is 13.3 Å². The first-order valence-electron chi connectivity index (χ1n) is 7.84. The van der Waals surface area contributed by atoms with E-state index in [0.717, 1.165) is 4.53 Å². The van der Waals surface area contributed by atoms with Crippen molar-refractivity contribution in [3.63, 3.8) is 0 Å². The maximum absolute atomic E-state index is 6.07. The monoisotopic (exact) mass is 334 g/mol. The van der Waals surface area contributed by atoms with Crippen LogP contribution in [0.3, 0.4) is 0 Å². The molecule has 3 nitrogen and oxygen atoms in total. The maximum atomic E-state index is 6.07. The summed E-state index contributed by atoms with van der Waals surface area (Å²) in [4.78, 5) is 0. The van der Waals surface area contributed by atoms with Crippen LogP contribution in [-0.4, -0.2) is 33.4 Å². The standard InChI is InChI=1S/C16H34O3SSi/c1-10-17-21(18-11-2,19-12-3)14(13-15(4,5)6)20-16(7,8)9/h13H,10-12H2,1-9H3/b14-13+. The molecule has 0 heterocycles. The number of hydrogen-bond acceptors (Lipinski definition) is 4. The van der Waals surface area contributed by atoms with Gasteiger partial charge in [-0.25, -0.2) is 0 Å². The van der Waals surface area contributed by atoms with Crippen LogP contribution in [0.25, 0.3) is 0 Å². The highest BCUT2D eigenvalue weighted by atomic mass is 32.2. The Morgan fingerprint density at radius 3 is 1.48 bits per heavy atom. The molecule has 0 N–H and O–H groups in total. The zero-order chi connectivity index (χ0) is 16.7. The van der Waals surface area contributed by atoms with E-state index in [1.54, 1.807) is 11.8 Å². The van der Waals surface area contributed by atoms with Crippen LogP contribution in [0.2, 0.25) is 0 Å². The summed E-state index contributed by atoms with van der Waals surface area (Å²) >= 11 is 1.80. The lowest BCUT2D eigenvalue weighted by Crippen LogP contribution is -2.48. The molecule has 0 amide bonds. The lowest BCUT2D eigenvalue weighted by atomic mass is 9.98. The van der Waals surface area contributed by atoms with E-state index in [4.69, 9.17) is 13.3 Å². The second-order valence-electron chi connectivity index (χ2n) is 6.94. The van der Waals surface area contributed by atoms with Gasteiger partial charge in [-0.2, -0.15) is 0 Å². The van der Waals surface area contributed by atoms with Gasteiger partial charge in [0, 0.05) is 24.6 Å². The van der Waals surface area contributed by atoms with E-state index in [1.807, 2.05) is 20.8 Å². The first-order chi connectivity index (χ1) is 9.49. The third-order valence-electron chi connectivity index (χ3n) is 2.29. The molecular formula is C16H34O3SSi. The van der Waals surface area contributed by atoms with Gasteiger partial charge in [0.05, 0.1) is 4.53 Å². The van der Waals surface area contributed by atoms with Crippen molar-refractivity contribution in [1.82, 2.24) is 0 Å². The van der Waals surface area contributed by atoms with Crippen molar-refractivity contribution in [2.24, 2.45) is 5.41 Å². The van der Waals surface area contributed by atoms with Crippen molar-refractivity contribution in [3.05, 3.63) is 10.6 Å². The molecule has 0 rings (SSSR count). The summed E-state index contributed by atoms with van der Waals surface area (Å²) < 4.78 is 19.4. The molecule has 0 aromatic heterocycles. The fourth-order valence-electron chi connectivity index (χ4n) is 1.81. The topological polar surface area (TPSA) is 27.7 Å². The van der Waals surface area contributed by atoms with E-state index in [-0.39, 0.29) is 10.2 Å². The van der Waals surface area contributed by atoms with E-state index >= 15 is 0 Å². The van der Waals surface area contributed by atoms with Crippen molar-refractivity contribution < 1.29 is 13.3 Å².